The van der Waals surface area contributed by atoms with E-state index in [1.807, 2.05) is 6.92 Å². The first kappa shape index (κ1) is 14.7. The Labute approximate surface area is 108 Å². The second-order valence-electron chi connectivity index (χ2n) is 3.95. The molecule has 6 heteroatoms. The molecule has 0 saturated carbocycles. The van der Waals surface area contributed by atoms with Crippen LogP contribution in [0.2, 0.25) is 0 Å². The predicted octanol–water partition coefficient (Wildman–Crippen LogP) is 1.55. The van der Waals surface area contributed by atoms with E-state index in [0.29, 0.717) is 5.82 Å². The molecule has 0 aromatic carbocycles. The summed E-state index contributed by atoms with van der Waals surface area (Å²) in [6.45, 7) is 6.54. The van der Waals surface area contributed by atoms with E-state index in [1.54, 1.807) is 6.07 Å². The highest BCUT2D eigenvalue weighted by Gasteiger charge is 2.01. The highest BCUT2D eigenvalue weighted by atomic mass is 16.5. The van der Waals surface area contributed by atoms with Crippen molar-refractivity contribution in [1.82, 2.24) is 9.97 Å². The predicted molar refractivity (Wildman–Crippen MR) is 73.4 cm³/mol. The van der Waals surface area contributed by atoms with E-state index in [2.05, 4.69) is 27.6 Å². The van der Waals surface area contributed by atoms with Crippen LogP contribution in [0.1, 0.15) is 32.5 Å². The van der Waals surface area contributed by atoms with Gasteiger partial charge in [-0.3, -0.25) is 0 Å². The van der Waals surface area contributed by atoms with Crippen LogP contribution in [0.4, 0.5) is 11.6 Å². The van der Waals surface area contributed by atoms with Gasteiger partial charge < -0.3 is 15.5 Å². The molecule has 1 aromatic rings. The summed E-state index contributed by atoms with van der Waals surface area (Å²) in [6, 6.07) is 1.80. The van der Waals surface area contributed by atoms with Crippen LogP contribution in [-0.4, -0.2) is 29.7 Å². The summed E-state index contributed by atoms with van der Waals surface area (Å²) in [7, 11) is 0. The number of hydrazine groups is 1. The lowest BCUT2D eigenvalue weighted by Gasteiger charge is -2.09. The first-order valence-electron chi connectivity index (χ1n) is 6.46. The molecule has 0 aliphatic rings. The minimum absolute atomic E-state index is 0.631. The molecule has 0 radical (unpaired) electrons. The number of aryl methyl sites for hydroxylation is 1. The van der Waals surface area contributed by atoms with Gasteiger partial charge in [-0.1, -0.05) is 13.8 Å². The lowest BCUT2D eigenvalue weighted by molar-refractivity contribution is 0.134. The van der Waals surface area contributed by atoms with Crippen LogP contribution < -0.4 is 16.6 Å². The summed E-state index contributed by atoms with van der Waals surface area (Å²) in [5.74, 6) is 7.56. The van der Waals surface area contributed by atoms with Gasteiger partial charge in [-0.15, -0.1) is 0 Å². The molecule has 0 amide bonds. The smallest absolute Gasteiger partial charge is 0.145 e. The molecule has 0 spiro atoms. The van der Waals surface area contributed by atoms with Crippen molar-refractivity contribution in [3.8, 4) is 0 Å². The van der Waals surface area contributed by atoms with E-state index in [9.17, 15) is 0 Å². The Kier molecular flexibility index (Phi) is 7.05. The number of hydrogen-bond acceptors (Lipinski definition) is 6. The summed E-state index contributed by atoms with van der Waals surface area (Å²) in [4.78, 5) is 8.60. The number of nitrogens with zero attached hydrogens (tertiary/aromatic N) is 2. The second kappa shape index (κ2) is 8.66. The fourth-order valence-electron chi connectivity index (χ4n) is 1.46. The van der Waals surface area contributed by atoms with Crippen molar-refractivity contribution >= 4 is 11.6 Å². The number of nitrogen functional groups attached to an aromatic ring is 1. The van der Waals surface area contributed by atoms with E-state index in [4.69, 9.17) is 10.6 Å². The van der Waals surface area contributed by atoms with Gasteiger partial charge in [0.1, 0.15) is 17.5 Å². The van der Waals surface area contributed by atoms with Gasteiger partial charge in [0, 0.05) is 32.2 Å². The average molecular weight is 253 g/mol. The lowest BCUT2D eigenvalue weighted by Crippen LogP contribution is -2.13. The summed E-state index contributed by atoms with van der Waals surface area (Å²) < 4.78 is 5.41. The van der Waals surface area contributed by atoms with Crippen LogP contribution in [0.5, 0.6) is 0 Å². The van der Waals surface area contributed by atoms with Gasteiger partial charge in [-0.2, -0.15) is 0 Å². The molecule has 0 bridgehead atoms. The molecule has 1 rings (SSSR count). The van der Waals surface area contributed by atoms with Crippen LogP contribution in [0, 0.1) is 0 Å². The number of nitrogens with two attached hydrogens (primary N) is 1. The van der Waals surface area contributed by atoms with E-state index >= 15 is 0 Å². The van der Waals surface area contributed by atoms with Gasteiger partial charge in [0.05, 0.1) is 0 Å². The Bertz CT molecular complexity index is 323. The standard InChI is InChI=1S/C12H23N5O/c1-3-7-18-8-5-6-14-11-9-12(17-13)16-10(4-2)15-11/h9H,3-8,13H2,1-2H3,(H2,14,15,16,17). The molecule has 0 aliphatic heterocycles. The molecular weight excluding hydrogens is 230 g/mol. The maximum absolute atomic E-state index is 5.41. The van der Waals surface area contributed by atoms with Crippen molar-refractivity contribution in [3.05, 3.63) is 11.9 Å². The first-order valence-corrected chi connectivity index (χ1v) is 6.46. The molecule has 0 atom stereocenters. The normalized spacial score (nSPS) is 10.4. The van der Waals surface area contributed by atoms with E-state index < -0.39 is 0 Å². The minimum atomic E-state index is 0.631. The van der Waals surface area contributed by atoms with Crippen molar-refractivity contribution < 1.29 is 4.74 Å². The number of hydrogen-bond donors (Lipinski definition) is 3. The van der Waals surface area contributed by atoms with Crippen molar-refractivity contribution in [3.63, 3.8) is 0 Å². The Balaban J connectivity index is 2.36. The third-order valence-corrected chi connectivity index (χ3v) is 2.36. The summed E-state index contributed by atoms with van der Waals surface area (Å²) >= 11 is 0. The zero-order valence-electron chi connectivity index (χ0n) is 11.2. The van der Waals surface area contributed by atoms with Crippen molar-refractivity contribution in [1.29, 1.82) is 0 Å². The number of aromatic nitrogens is 2. The van der Waals surface area contributed by atoms with Gasteiger partial charge in [-0.05, 0) is 12.8 Å². The first-order chi connectivity index (χ1) is 8.80. The van der Waals surface area contributed by atoms with E-state index in [1.165, 1.54) is 0 Å². The van der Waals surface area contributed by atoms with Crippen LogP contribution in [-0.2, 0) is 11.2 Å². The molecule has 0 fully saturated rings. The highest BCUT2D eigenvalue weighted by Crippen LogP contribution is 2.10. The van der Waals surface area contributed by atoms with Gasteiger partial charge in [0.2, 0.25) is 0 Å². The molecule has 0 saturated heterocycles. The topological polar surface area (TPSA) is 85.1 Å². The van der Waals surface area contributed by atoms with Crippen LogP contribution in [0.15, 0.2) is 6.07 Å². The SMILES string of the molecule is CCCOCCCNc1cc(NN)nc(CC)n1. The van der Waals surface area contributed by atoms with Crippen molar-refractivity contribution in [2.75, 3.05) is 30.5 Å². The third-order valence-electron chi connectivity index (χ3n) is 2.36. The molecular formula is C12H23N5O. The zero-order valence-corrected chi connectivity index (χ0v) is 11.2. The molecule has 0 aliphatic carbocycles. The molecule has 6 nitrogen and oxygen atoms in total. The molecule has 4 N–H and O–H groups in total. The van der Waals surface area contributed by atoms with Crippen molar-refractivity contribution in [2.24, 2.45) is 5.84 Å². The van der Waals surface area contributed by atoms with Gasteiger partial charge in [-0.25, -0.2) is 15.8 Å². The molecule has 0 unspecified atom stereocenters. The summed E-state index contributed by atoms with van der Waals surface area (Å²) in [5, 5.41) is 3.24. The molecule has 1 heterocycles. The monoisotopic (exact) mass is 253 g/mol. The van der Waals surface area contributed by atoms with Gasteiger partial charge in [0.15, 0.2) is 0 Å². The number of anilines is 2. The van der Waals surface area contributed by atoms with Gasteiger partial charge >= 0.3 is 0 Å². The number of rotatable bonds is 9. The van der Waals surface area contributed by atoms with Crippen molar-refractivity contribution in [2.45, 2.75) is 33.1 Å². The molecule has 1 aromatic heterocycles. The fourth-order valence-corrected chi connectivity index (χ4v) is 1.46. The Hall–Kier alpha value is -1.40. The second-order valence-corrected chi connectivity index (χ2v) is 3.95. The quantitative estimate of drug-likeness (QED) is 0.352. The van der Waals surface area contributed by atoms with Crippen LogP contribution >= 0.6 is 0 Å². The number of nitrogens with one attached hydrogen (secondary N) is 2. The summed E-state index contributed by atoms with van der Waals surface area (Å²) in [5.41, 5.74) is 2.54. The zero-order chi connectivity index (χ0) is 13.2. The lowest BCUT2D eigenvalue weighted by atomic mass is 10.4. The fraction of sp³-hybridized carbons (Fsp3) is 0.667. The highest BCUT2D eigenvalue weighted by molar-refractivity contribution is 5.46. The maximum Gasteiger partial charge on any atom is 0.145 e. The third kappa shape index (κ3) is 5.29. The molecule has 102 valence electrons. The maximum atomic E-state index is 5.41. The largest absolute Gasteiger partial charge is 0.381 e. The van der Waals surface area contributed by atoms with E-state index in [0.717, 1.165) is 50.7 Å². The Morgan fingerprint density at radius 3 is 2.67 bits per heavy atom. The van der Waals surface area contributed by atoms with Crippen LogP contribution in [0.25, 0.3) is 0 Å². The Morgan fingerprint density at radius 2 is 2.00 bits per heavy atom. The molecule has 18 heavy (non-hydrogen) atoms. The summed E-state index contributed by atoms with van der Waals surface area (Å²) in [6.07, 6.45) is 2.80. The van der Waals surface area contributed by atoms with E-state index in [-0.39, 0.29) is 0 Å². The Morgan fingerprint density at radius 1 is 1.22 bits per heavy atom. The average Bonchev–Trinajstić information content (AvgIpc) is 2.42. The van der Waals surface area contributed by atoms with Crippen LogP contribution in [0.3, 0.4) is 0 Å². The van der Waals surface area contributed by atoms with Gasteiger partial charge in [0.25, 0.3) is 0 Å². The minimum Gasteiger partial charge on any atom is -0.381 e. The number of ether oxygens (including phenoxy) is 1.